The molecule has 5 heteroatoms. The number of halogens is 1. The highest BCUT2D eigenvalue weighted by Gasteiger charge is 2.25. The minimum atomic E-state index is -0.628. The summed E-state index contributed by atoms with van der Waals surface area (Å²) in [5.74, 6) is 0. The first kappa shape index (κ1) is 10.3. The van der Waals surface area contributed by atoms with Crippen molar-refractivity contribution in [3.8, 4) is 6.01 Å². The van der Waals surface area contributed by atoms with E-state index in [4.69, 9.17) is 4.74 Å². The zero-order chi connectivity index (χ0) is 10.7. The van der Waals surface area contributed by atoms with E-state index < -0.39 is 6.17 Å². The second-order valence-electron chi connectivity index (χ2n) is 3.68. The van der Waals surface area contributed by atoms with Gasteiger partial charge in [0.1, 0.15) is 6.17 Å². The zero-order valence-corrected chi connectivity index (χ0v) is 8.69. The van der Waals surface area contributed by atoms with Crippen molar-refractivity contribution in [2.45, 2.75) is 12.6 Å². The molecular weight excluding hydrogens is 197 g/mol. The van der Waals surface area contributed by atoms with Gasteiger partial charge < -0.3 is 4.74 Å². The van der Waals surface area contributed by atoms with Gasteiger partial charge in [0.05, 0.1) is 7.11 Å². The van der Waals surface area contributed by atoms with Crippen LogP contribution in [0.1, 0.15) is 5.56 Å². The van der Waals surface area contributed by atoms with Crippen LogP contribution in [0.25, 0.3) is 0 Å². The summed E-state index contributed by atoms with van der Waals surface area (Å²) in [6, 6.07) is 0.381. The third-order valence-corrected chi connectivity index (χ3v) is 2.49. The Morgan fingerprint density at radius 1 is 1.47 bits per heavy atom. The van der Waals surface area contributed by atoms with Crippen molar-refractivity contribution >= 4 is 0 Å². The van der Waals surface area contributed by atoms with Crippen LogP contribution in [-0.4, -0.2) is 47.8 Å². The lowest BCUT2D eigenvalue weighted by Crippen LogP contribution is -2.48. The molecule has 4 nitrogen and oxygen atoms in total. The fraction of sp³-hybridized carbons (Fsp3) is 0.600. The highest BCUT2D eigenvalue weighted by atomic mass is 19.1. The maximum atomic E-state index is 12.5. The molecule has 0 atom stereocenters. The summed E-state index contributed by atoms with van der Waals surface area (Å²) in [5.41, 5.74) is 1.05. The van der Waals surface area contributed by atoms with Crippen molar-refractivity contribution in [1.29, 1.82) is 0 Å². The average molecular weight is 211 g/mol. The largest absolute Gasteiger partial charge is 0.467 e. The molecule has 2 rings (SSSR count). The second kappa shape index (κ2) is 4.53. The van der Waals surface area contributed by atoms with Gasteiger partial charge >= 0.3 is 6.01 Å². The van der Waals surface area contributed by atoms with Gasteiger partial charge in [0, 0.05) is 32.0 Å². The van der Waals surface area contributed by atoms with Gasteiger partial charge in [-0.1, -0.05) is 0 Å². The molecule has 0 unspecified atom stereocenters. The van der Waals surface area contributed by atoms with Gasteiger partial charge in [-0.25, -0.2) is 14.4 Å². The van der Waals surface area contributed by atoms with Crippen LogP contribution in [0.4, 0.5) is 4.39 Å². The number of rotatable bonds is 4. The Hall–Kier alpha value is -1.23. The van der Waals surface area contributed by atoms with Crippen molar-refractivity contribution in [3.05, 3.63) is 18.0 Å². The number of aromatic nitrogens is 2. The molecule has 1 aliphatic rings. The SMILES string of the molecule is COc1ncc(CCN2CC(F)C2)cn1. The number of likely N-dealkylation sites (tertiary alicyclic amines) is 1. The molecule has 0 aliphatic carbocycles. The van der Waals surface area contributed by atoms with E-state index in [2.05, 4.69) is 14.9 Å². The third kappa shape index (κ3) is 2.62. The number of methoxy groups -OCH3 is 1. The summed E-state index contributed by atoms with van der Waals surface area (Å²) in [6.07, 6.45) is 3.73. The first-order valence-corrected chi connectivity index (χ1v) is 4.99. The van der Waals surface area contributed by atoms with E-state index >= 15 is 0 Å². The van der Waals surface area contributed by atoms with Gasteiger partial charge in [-0.15, -0.1) is 0 Å². The monoisotopic (exact) mass is 211 g/mol. The lowest BCUT2D eigenvalue weighted by Gasteiger charge is -2.34. The second-order valence-corrected chi connectivity index (χ2v) is 3.68. The van der Waals surface area contributed by atoms with Crippen molar-refractivity contribution in [2.24, 2.45) is 0 Å². The standard InChI is InChI=1S/C10H14FN3O/c1-15-10-12-4-8(5-13-10)2-3-14-6-9(11)7-14/h4-5,9H,2-3,6-7H2,1H3. The van der Waals surface area contributed by atoms with E-state index in [0.717, 1.165) is 18.5 Å². The summed E-state index contributed by atoms with van der Waals surface area (Å²) >= 11 is 0. The number of hydrogen-bond acceptors (Lipinski definition) is 4. The van der Waals surface area contributed by atoms with Gasteiger partial charge in [0.25, 0.3) is 0 Å². The number of ether oxygens (including phenoxy) is 1. The van der Waals surface area contributed by atoms with E-state index in [9.17, 15) is 4.39 Å². The first-order valence-electron chi connectivity index (χ1n) is 4.99. The van der Waals surface area contributed by atoms with E-state index in [0.29, 0.717) is 19.1 Å². The fourth-order valence-corrected chi connectivity index (χ4v) is 1.55. The Kier molecular flexibility index (Phi) is 3.11. The molecule has 82 valence electrons. The molecule has 1 aromatic rings. The van der Waals surface area contributed by atoms with Gasteiger partial charge in [0.15, 0.2) is 0 Å². The highest BCUT2D eigenvalue weighted by Crippen LogP contribution is 2.12. The summed E-state index contributed by atoms with van der Waals surface area (Å²) in [6.45, 7) is 2.00. The van der Waals surface area contributed by atoms with Crippen LogP contribution in [-0.2, 0) is 6.42 Å². The molecule has 0 radical (unpaired) electrons. The molecule has 0 N–H and O–H groups in total. The molecule has 1 aliphatic heterocycles. The molecule has 1 aromatic heterocycles. The highest BCUT2D eigenvalue weighted by molar-refractivity contribution is 5.08. The Labute approximate surface area is 88.1 Å². The molecule has 2 heterocycles. The quantitative estimate of drug-likeness (QED) is 0.734. The Bertz CT molecular complexity index is 311. The van der Waals surface area contributed by atoms with Crippen molar-refractivity contribution in [2.75, 3.05) is 26.7 Å². The minimum Gasteiger partial charge on any atom is -0.467 e. The lowest BCUT2D eigenvalue weighted by molar-refractivity contribution is 0.0670. The first-order chi connectivity index (χ1) is 7.28. The average Bonchev–Trinajstić information content (AvgIpc) is 2.23. The smallest absolute Gasteiger partial charge is 0.316 e. The van der Waals surface area contributed by atoms with Gasteiger partial charge in [0.2, 0.25) is 0 Å². The Balaban J connectivity index is 1.78. The normalized spacial score (nSPS) is 17.5. The van der Waals surface area contributed by atoms with E-state index in [-0.39, 0.29) is 0 Å². The van der Waals surface area contributed by atoms with Crippen LogP contribution in [0.2, 0.25) is 0 Å². The fourth-order valence-electron chi connectivity index (χ4n) is 1.55. The molecule has 15 heavy (non-hydrogen) atoms. The summed E-state index contributed by atoms with van der Waals surface area (Å²) < 4.78 is 17.4. The molecule has 0 saturated carbocycles. The predicted molar refractivity (Wildman–Crippen MR) is 53.6 cm³/mol. The van der Waals surface area contributed by atoms with Crippen LogP contribution in [0.15, 0.2) is 12.4 Å². The molecular formula is C10H14FN3O. The molecule has 0 bridgehead atoms. The topological polar surface area (TPSA) is 38.2 Å². The van der Waals surface area contributed by atoms with E-state index in [1.165, 1.54) is 7.11 Å². The summed E-state index contributed by atoms with van der Waals surface area (Å²) in [4.78, 5) is 10.1. The van der Waals surface area contributed by atoms with E-state index in [1.807, 2.05) is 0 Å². The predicted octanol–water partition coefficient (Wildman–Crippen LogP) is 0.681. The molecule has 0 aromatic carbocycles. The van der Waals surface area contributed by atoms with Crippen molar-refractivity contribution in [1.82, 2.24) is 14.9 Å². The molecule has 1 saturated heterocycles. The number of hydrogen-bond donors (Lipinski definition) is 0. The molecule has 1 fully saturated rings. The Morgan fingerprint density at radius 2 is 2.13 bits per heavy atom. The summed E-state index contributed by atoms with van der Waals surface area (Å²) in [7, 11) is 1.54. The zero-order valence-electron chi connectivity index (χ0n) is 8.69. The van der Waals surface area contributed by atoms with E-state index in [1.54, 1.807) is 12.4 Å². The maximum Gasteiger partial charge on any atom is 0.316 e. The van der Waals surface area contributed by atoms with Gasteiger partial charge in [-0.3, -0.25) is 4.90 Å². The number of nitrogens with zero attached hydrogens (tertiary/aromatic N) is 3. The van der Waals surface area contributed by atoms with Gasteiger partial charge in [-0.2, -0.15) is 0 Å². The third-order valence-electron chi connectivity index (χ3n) is 2.49. The van der Waals surface area contributed by atoms with Crippen molar-refractivity contribution in [3.63, 3.8) is 0 Å². The van der Waals surface area contributed by atoms with Crippen LogP contribution in [0, 0.1) is 0 Å². The van der Waals surface area contributed by atoms with Crippen molar-refractivity contribution < 1.29 is 9.13 Å². The minimum absolute atomic E-state index is 0.381. The summed E-state index contributed by atoms with van der Waals surface area (Å²) in [5, 5.41) is 0. The van der Waals surface area contributed by atoms with Crippen LogP contribution in [0.5, 0.6) is 6.01 Å². The van der Waals surface area contributed by atoms with Crippen LogP contribution in [0.3, 0.4) is 0 Å². The molecule has 0 spiro atoms. The maximum absolute atomic E-state index is 12.5. The van der Waals surface area contributed by atoms with Crippen LogP contribution < -0.4 is 4.74 Å². The lowest BCUT2D eigenvalue weighted by atomic mass is 10.1. The Morgan fingerprint density at radius 3 is 2.67 bits per heavy atom. The molecule has 0 amide bonds. The van der Waals surface area contributed by atoms with Gasteiger partial charge in [-0.05, 0) is 12.0 Å². The number of alkyl halides is 1. The van der Waals surface area contributed by atoms with Crippen LogP contribution >= 0.6 is 0 Å².